The first-order chi connectivity index (χ1) is 14.3. The second-order valence-electron chi connectivity index (χ2n) is 6.54. The number of nitrogens with zero attached hydrogens (tertiary/aromatic N) is 6. The van der Waals surface area contributed by atoms with Crippen LogP contribution in [0, 0.1) is 11.3 Å². The topological polar surface area (TPSA) is 141 Å². The normalized spacial score (nSPS) is 12.7. The molecule has 0 amide bonds. The Labute approximate surface area is 181 Å². The summed E-state index contributed by atoms with van der Waals surface area (Å²) in [6, 6.07) is 8.85. The van der Waals surface area contributed by atoms with Crippen molar-refractivity contribution in [3.63, 3.8) is 0 Å². The van der Waals surface area contributed by atoms with E-state index in [1.165, 1.54) is 4.80 Å². The summed E-state index contributed by atoms with van der Waals surface area (Å²) in [5.74, 6) is 1.29. The van der Waals surface area contributed by atoms with Crippen LogP contribution in [0.4, 0.5) is 0 Å². The van der Waals surface area contributed by atoms with Gasteiger partial charge in [-0.05, 0) is 6.92 Å². The largest absolute Gasteiger partial charge is 0.497 e. The van der Waals surface area contributed by atoms with Gasteiger partial charge in [0.2, 0.25) is 0 Å². The Morgan fingerprint density at radius 3 is 2.23 bits per heavy atom. The number of ether oxygens (including phenoxy) is 2. The van der Waals surface area contributed by atoms with E-state index in [0.29, 0.717) is 43.6 Å². The Hall–Kier alpha value is -3.13. The predicted molar refractivity (Wildman–Crippen MR) is 113 cm³/mol. The van der Waals surface area contributed by atoms with Crippen molar-refractivity contribution >= 4 is 45.3 Å². The molecule has 1 unspecified atom stereocenters. The Bertz CT molecular complexity index is 1230. The molecule has 0 fully saturated rings. The number of methoxy groups -OCH3 is 2. The molecule has 4 aromatic rings. The quantitative estimate of drug-likeness (QED) is 0.485. The minimum Gasteiger partial charge on any atom is -0.497 e. The predicted octanol–water partition coefficient (Wildman–Crippen LogP) is 2.95. The molecule has 2 aromatic carbocycles. The molecule has 12 heteroatoms. The molecule has 2 heterocycles. The third-order valence-corrected chi connectivity index (χ3v) is 4.58. The van der Waals surface area contributed by atoms with Crippen molar-refractivity contribution in [2.24, 2.45) is 5.73 Å². The molecule has 0 aliphatic rings. The molecule has 0 bridgehead atoms. The molecule has 0 aliphatic heterocycles. The molecule has 0 radical (unpaired) electrons. The lowest BCUT2D eigenvalue weighted by molar-refractivity contribution is 0.415. The van der Waals surface area contributed by atoms with E-state index in [2.05, 4.69) is 25.6 Å². The monoisotopic (exact) mass is 448 g/mol. The third kappa shape index (κ3) is 4.71. The van der Waals surface area contributed by atoms with Crippen LogP contribution in [0.3, 0.4) is 0 Å². The lowest BCUT2D eigenvalue weighted by Gasteiger charge is -2.13. The number of H-pyrrole nitrogens is 1. The highest BCUT2D eigenvalue weighted by atomic mass is 35.5. The van der Waals surface area contributed by atoms with Crippen LogP contribution in [-0.4, -0.2) is 50.2 Å². The number of nitrogens with one attached hydrogen (secondary N) is 1. The Kier molecular flexibility index (Phi) is 6.26. The molecule has 0 aliphatic carbocycles. The average Bonchev–Trinajstić information content (AvgIpc) is 3.35. The fourth-order valence-electron chi connectivity index (χ4n) is 2.52. The van der Waals surface area contributed by atoms with Crippen molar-refractivity contribution < 1.29 is 9.47 Å². The summed E-state index contributed by atoms with van der Waals surface area (Å²) in [5, 5.41) is 28.5. The zero-order valence-electron chi connectivity index (χ0n) is 16.3. The molecule has 1 atom stereocenters. The number of nitrogens with two attached hydrogens (primary N) is 1. The Morgan fingerprint density at radius 2 is 1.63 bits per heavy atom. The van der Waals surface area contributed by atoms with Gasteiger partial charge < -0.3 is 15.2 Å². The maximum atomic E-state index is 8.88. The van der Waals surface area contributed by atoms with E-state index in [1.54, 1.807) is 45.4 Å². The SMILES string of the molecule is COc1cc(Cl)c2n[nH]nc2c1.COc1cc(Cl)c2nn(CC(C)(N)C#N)nc2c1. The standard InChI is InChI=1S/C11H12ClN5O.C7H6ClN3O/c1-11(14,5-13)6-17-15-9-4-7(18-2)3-8(12)10(9)16-17;1-12-4-2-5(8)7-6(3-4)9-11-10-7/h3-4H,6,14H2,1-2H3;2-3H,1H3,(H,9,10,11). The average molecular weight is 449 g/mol. The number of aromatic amines is 1. The van der Waals surface area contributed by atoms with E-state index in [1.807, 2.05) is 6.07 Å². The lowest BCUT2D eigenvalue weighted by atomic mass is 10.1. The van der Waals surface area contributed by atoms with Crippen LogP contribution in [0.2, 0.25) is 10.0 Å². The van der Waals surface area contributed by atoms with Gasteiger partial charge in [-0.15, -0.1) is 0 Å². The van der Waals surface area contributed by atoms with Gasteiger partial charge in [0.05, 0.1) is 36.9 Å². The van der Waals surface area contributed by atoms with Gasteiger partial charge in [0.25, 0.3) is 0 Å². The highest BCUT2D eigenvalue weighted by Gasteiger charge is 2.20. The first-order valence-corrected chi connectivity index (χ1v) is 9.34. The van der Waals surface area contributed by atoms with E-state index < -0.39 is 5.54 Å². The molecule has 0 spiro atoms. The summed E-state index contributed by atoms with van der Waals surface area (Å²) in [6.45, 7) is 1.81. The van der Waals surface area contributed by atoms with E-state index in [-0.39, 0.29) is 6.54 Å². The van der Waals surface area contributed by atoms with E-state index in [4.69, 9.17) is 43.7 Å². The van der Waals surface area contributed by atoms with Gasteiger partial charge in [0.15, 0.2) is 0 Å². The van der Waals surface area contributed by atoms with Gasteiger partial charge in [0, 0.05) is 24.3 Å². The van der Waals surface area contributed by atoms with Gasteiger partial charge in [-0.25, -0.2) is 0 Å². The number of hydrogen-bond donors (Lipinski definition) is 2. The van der Waals surface area contributed by atoms with E-state index >= 15 is 0 Å². The lowest BCUT2D eigenvalue weighted by Crippen LogP contribution is -2.39. The first-order valence-electron chi connectivity index (χ1n) is 8.59. The van der Waals surface area contributed by atoms with Crippen molar-refractivity contribution in [1.29, 1.82) is 5.26 Å². The highest BCUT2D eigenvalue weighted by molar-refractivity contribution is 6.35. The zero-order valence-corrected chi connectivity index (χ0v) is 17.9. The van der Waals surface area contributed by atoms with Gasteiger partial charge >= 0.3 is 0 Å². The second kappa shape index (κ2) is 8.71. The van der Waals surface area contributed by atoms with Crippen molar-refractivity contribution in [3.05, 3.63) is 34.3 Å². The van der Waals surface area contributed by atoms with Crippen LogP contribution in [0.5, 0.6) is 11.5 Å². The molecule has 2 aromatic heterocycles. The number of halogens is 2. The summed E-state index contributed by atoms with van der Waals surface area (Å²) in [5.41, 5.74) is 7.26. The maximum Gasteiger partial charge on any atom is 0.132 e. The van der Waals surface area contributed by atoms with Crippen molar-refractivity contribution in [2.75, 3.05) is 14.2 Å². The van der Waals surface area contributed by atoms with Crippen molar-refractivity contribution in [2.45, 2.75) is 19.0 Å². The number of fused-ring (bicyclic) bond motifs is 2. The van der Waals surface area contributed by atoms with Crippen LogP contribution in [0.15, 0.2) is 24.3 Å². The Morgan fingerprint density at radius 1 is 1.03 bits per heavy atom. The van der Waals surface area contributed by atoms with E-state index in [9.17, 15) is 0 Å². The maximum absolute atomic E-state index is 8.88. The van der Waals surface area contributed by atoms with Crippen LogP contribution < -0.4 is 15.2 Å². The number of rotatable bonds is 4. The van der Waals surface area contributed by atoms with Gasteiger partial charge in [-0.1, -0.05) is 23.2 Å². The molecule has 156 valence electrons. The number of nitriles is 1. The smallest absolute Gasteiger partial charge is 0.132 e. The van der Waals surface area contributed by atoms with Gasteiger partial charge in [-0.3, -0.25) is 0 Å². The van der Waals surface area contributed by atoms with Crippen LogP contribution in [0.25, 0.3) is 22.1 Å². The summed E-state index contributed by atoms with van der Waals surface area (Å²) in [7, 11) is 3.13. The van der Waals surface area contributed by atoms with Gasteiger partial charge in [-0.2, -0.15) is 35.7 Å². The summed E-state index contributed by atoms with van der Waals surface area (Å²) < 4.78 is 10.1. The summed E-state index contributed by atoms with van der Waals surface area (Å²) in [4.78, 5) is 1.37. The first kappa shape index (κ1) is 21.6. The minimum absolute atomic E-state index is 0.191. The molecule has 3 N–H and O–H groups in total. The molecular formula is C18H18Cl2N8O2. The molecule has 4 rings (SSSR count). The third-order valence-electron chi connectivity index (χ3n) is 4.00. The Balaban J connectivity index is 0.000000184. The second-order valence-corrected chi connectivity index (χ2v) is 7.35. The number of hydrogen-bond acceptors (Lipinski definition) is 8. The summed E-state index contributed by atoms with van der Waals surface area (Å²) >= 11 is 11.9. The van der Waals surface area contributed by atoms with Crippen LogP contribution in [0.1, 0.15) is 6.92 Å². The number of benzene rings is 2. The fraction of sp³-hybridized carbons (Fsp3) is 0.278. The summed E-state index contributed by atoms with van der Waals surface area (Å²) in [6.07, 6.45) is 0. The zero-order chi connectivity index (χ0) is 21.9. The van der Waals surface area contributed by atoms with Crippen molar-refractivity contribution in [3.8, 4) is 17.6 Å². The molecule has 30 heavy (non-hydrogen) atoms. The fourth-order valence-corrected chi connectivity index (χ4v) is 3.01. The molecule has 0 saturated heterocycles. The van der Waals surface area contributed by atoms with Crippen LogP contribution >= 0.6 is 23.2 Å². The van der Waals surface area contributed by atoms with Crippen LogP contribution in [-0.2, 0) is 6.54 Å². The van der Waals surface area contributed by atoms with Crippen molar-refractivity contribution in [1.82, 2.24) is 30.4 Å². The number of aromatic nitrogens is 6. The van der Waals surface area contributed by atoms with E-state index in [0.717, 1.165) is 0 Å². The minimum atomic E-state index is -1.02. The highest BCUT2D eigenvalue weighted by Crippen LogP contribution is 2.27. The molecular weight excluding hydrogens is 431 g/mol. The molecule has 0 saturated carbocycles. The molecule has 10 nitrogen and oxygen atoms in total. The van der Waals surface area contributed by atoms with Gasteiger partial charge in [0.1, 0.15) is 39.1 Å².